The number of rotatable bonds is 3. The van der Waals surface area contributed by atoms with Crippen molar-refractivity contribution < 1.29 is 4.79 Å². The smallest absolute Gasteiger partial charge is 0.222 e. The number of carbonyl (C=O) groups excluding carboxylic acids is 1. The summed E-state index contributed by atoms with van der Waals surface area (Å²) in [5.41, 5.74) is 0. The van der Waals surface area contributed by atoms with Gasteiger partial charge >= 0.3 is 0 Å². The molecule has 2 aliphatic heterocycles. The molecule has 0 aromatic carbocycles. The Labute approximate surface area is 111 Å². The molecule has 0 radical (unpaired) electrons. The lowest BCUT2D eigenvalue weighted by Crippen LogP contribution is -2.46. The van der Waals surface area contributed by atoms with E-state index in [4.69, 9.17) is 0 Å². The third-order valence-electron chi connectivity index (χ3n) is 4.86. The number of amides is 1. The van der Waals surface area contributed by atoms with Crippen LogP contribution in [0, 0.1) is 11.8 Å². The second kappa shape index (κ2) is 6.55. The monoisotopic (exact) mass is 252 g/mol. The van der Waals surface area contributed by atoms with Crippen molar-refractivity contribution in [3.63, 3.8) is 0 Å². The van der Waals surface area contributed by atoms with Gasteiger partial charge in [-0.05, 0) is 64.0 Å². The molecule has 0 spiro atoms. The summed E-state index contributed by atoms with van der Waals surface area (Å²) in [6.45, 7) is 7.73. The first-order chi connectivity index (χ1) is 8.68. The van der Waals surface area contributed by atoms with Crippen LogP contribution in [0.3, 0.4) is 0 Å². The van der Waals surface area contributed by atoms with E-state index < -0.39 is 0 Å². The first-order valence-corrected chi connectivity index (χ1v) is 7.68. The van der Waals surface area contributed by atoms with Crippen LogP contribution in [-0.2, 0) is 4.79 Å². The lowest BCUT2D eigenvalue weighted by atomic mass is 9.90. The van der Waals surface area contributed by atoms with Crippen LogP contribution < -0.4 is 5.32 Å². The van der Waals surface area contributed by atoms with Gasteiger partial charge < -0.3 is 10.2 Å². The van der Waals surface area contributed by atoms with Crippen LogP contribution in [0.5, 0.6) is 0 Å². The number of carbonyl (C=O) groups is 1. The van der Waals surface area contributed by atoms with Gasteiger partial charge in [-0.25, -0.2) is 0 Å². The summed E-state index contributed by atoms with van der Waals surface area (Å²) in [6, 6.07) is 0.440. The first kappa shape index (κ1) is 13.9. The van der Waals surface area contributed by atoms with Crippen molar-refractivity contribution in [3.8, 4) is 0 Å². The number of piperidine rings is 2. The van der Waals surface area contributed by atoms with Crippen molar-refractivity contribution >= 4 is 5.91 Å². The molecule has 0 aliphatic carbocycles. The molecule has 2 aliphatic rings. The highest BCUT2D eigenvalue weighted by Crippen LogP contribution is 2.24. The molecule has 2 heterocycles. The van der Waals surface area contributed by atoms with Gasteiger partial charge in [0.05, 0.1) is 0 Å². The molecule has 3 unspecified atom stereocenters. The van der Waals surface area contributed by atoms with Crippen LogP contribution in [0.4, 0.5) is 0 Å². The van der Waals surface area contributed by atoms with Crippen molar-refractivity contribution in [2.75, 3.05) is 19.6 Å². The van der Waals surface area contributed by atoms with Gasteiger partial charge in [0.15, 0.2) is 0 Å². The van der Waals surface area contributed by atoms with Crippen molar-refractivity contribution in [3.05, 3.63) is 0 Å². The van der Waals surface area contributed by atoms with Crippen molar-refractivity contribution in [1.82, 2.24) is 10.2 Å². The lowest BCUT2D eigenvalue weighted by molar-refractivity contribution is -0.136. The molecule has 2 fully saturated rings. The number of hydrogen-bond acceptors (Lipinski definition) is 2. The Hall–Kier alpha value is -0.570. The quantitative estimate of drug-likeness (QED) is 0.836. The van der Waals surface area contributed by atoms with Crippen molar-refractivity contribution in [2.45, 2.75) is 58.4 Å². The number of likely N-dealkylation sites (tertiary alicyclic amines) is 1. The van der Waals surface area contributed by atoms with Gasteiger partial charge in [-0.1, -0.05) is 6.92 Å². The maximum absolute atomic E-state index is 12.3. The largest absolute Gasteiger partial charge is 0.340 e. The predicted molar refractivity (Wildman–Crippen MR) is 74.4 cm³/mol. The van der Waals surface area contributed by atoms with Crippen LogP contribution in [0.2, 0.25) is 0 Å². The topological polar surface area (TPSA) is 32.3 Å². The third kappa shape index (κ3) is 3.47. The van der Waals surface area contributed by atoms with Crippen molar-refractivity contribution in [2.24, 2.45) is 11.8 Å². The molecule has 1 amide bonds. The van der Waals surface area contributed by atoms with Gasteiger partial charge in [0.2, 0.25) is 5.91 Å². The van der Waals surface area contributed by atoms with Gasteiger partial charge in [0.1, 0.15) is 0 Å². The summed E-state index contributed by atoms with van der Waals surface area (Å²) < 4.78 is 0. The maximum atomic E-state index is 12.3. The Kier molecular flexibility index (Phi) is 5.04. The van der Waals surface area contributed by atoms with E-state index in [9.17, 15) is 4.79 Å². The normalized spacial score (nSPS) is 33.4. The summed E-state index contributed by atoms with van der Waals surface area (Å²) in [7, 11) is 0. The van der Waals surface area contributed by atoms with E-state index in [1.165, 1.54) is 25.7 Å². The maximum Gasteiger partial charge on any atom is 0.222 e. The number of nitrogens with one attached hydrogen (secondary N) is 1. The SMILES string of the molecule is CC1CCCN(C(=O)CCC2CCCNC2)C1C. The molecule has 1 N–H and O–H groups in total. The summed E-state index contributed by atoms with van der Waals surface area (Å²) in [6.07, 6.45) is 6.86. The summed E-state index contributed by atoms with van der Waals surface area (Å²) >= 11 is 0. The fraction of sp³-hybridized carbons (Fsp3) is 0.933. The minimum absolute atomic E-state index is 0.389. The van der Waals surface area contributed by atoms with Gasteiger partial charge in [0.25, 0.3) is 0 Å². The fourth-order valence-corrected chi connectivity index (χ4v) is 3.33. The van der Waals surface area contributed by atoms with Crippen LogP contribution in [0.15, 0.2) is 0 Å². The van der Waals surface area contributed by atoms with Gasteiger partial charge in [-0.15, -0.1) is 0 Å². The highest BCUT2D eigenvalue weighted by Gasteiger charge is 2.28. The average Bonchev–Trinajstić information content (AvgIpc) is 2.40. The number of nitrogens with zero attached hydrogens (tertiary/aromatic N) is 1. The Morgan fingerprint density at radius 1 is 1.28 bits per heavy atom. The standard InChI is InChI=1S/C15H28N2O/c1-12-5-4-10-17(13(12)2)15(18)8-7-14-6-3-9-16-11-14/h12-14,16H,3-11H2,1-2H3. The van der Waals surface area contributed by atoms with E-state index in [2.05, 4.69) is 24.1 Å². The molecule has 2 rings (SSSR count). The lowest BCUT2D eigenvalue weighted by Gasteiger charge is -2.38. The second-order valence-corrected chi connectivity index (χ2v) is 6.20. The minimum Gasteiger partial charge on any atom is -0.340 e. The third-order valence-corrected chi connectivity index (χ3v) is 4.86. The Balaban J connectivity index is 1.76. The molecule has 18 heavy (non-hydrogen) atoms. The zero-order chi connectivity index (χ0) is 13.0. The highest BCUT2D eigenvalue weighted by molar-refractivity contribution is 5.76. The van der Waals surface area contributed by atoms with Crippen LogP contribution >= 0.6 is 0 Å². The minimum atomic E-state index is 0.389. The fourth-order valence-electron chi connectivity index (χ4n) is 3.33. The van der Waals surface area contributed by atoms with Gasteiger partial charge in [-0.2, -0.15) is 0 Å². The Morgan fingerprint density at radius 3 is 2.83 bits per heavy atom. The molecule has 3 heteroatoms. The van der Waals surface area contributed by atoms with Crippen LogP contribution in [0.1, 0.15) is 52.4 Å². The molecule has 0 aromatic rings. The molecule has 104 valence electrons. The van der Waals surface area contributed by atoms with E-state index in [0.717, 1.165) is 38.4 Å². The van der Waals surface area contributed by atoms with Gasteiger partial charge in [-0.3, -0.25) is 4.79 Å². The Morgan fingerprint density at radius 2 is 2.11 bits per heavy atom. The molecule has 3 nitrogen and oxygen atoms in total. The van der Waals surface area contributed by atoms with Crippen LogP contribution in [-0.4, -0.2) is 36.5 Å². The summed E-state index contributed by atoms with van der Waals surface area (Å²) in [5.74, 6) is 1.78. The molecular weight excluding hydrogens is 224 g/mol. The van der Waals surface area contributed by atoms with E-state index in [1.807, 2.05) is 0 Å². The van der Waals surface area contributed by atoms with E-state index in [0.29, 0.717) is 17.9 Å². The summed E-state index contributed by atoms with van der Waals surface area (Å²) in [5, 5.41) is 3.43. The zero-order valence-electron chi connectivity index (χ0n) is 12.0. The average molecular weight is 252 g/mol. The van der Waals surface area contributed by atoms with E-state index in [-0.39, 0.29) is 0 Å². The summed E-state index contributed by atoms with van der Waals surface area (Å²) in [4.78, 5) is 14.4. The molecule has 3 atom stereocenters. The molecule has 0 aromatic heterocycles. The highest BCUT2D eigenvalue weighted by atomic mass is 16.2. The Bertz CT molecular complexity index is 274. The zero-order valence-corrected chi connectivity index (χ0v) is 12.0. The van der Waals surface area contributed by atoms with Crippen molar-refractivity contribution in [1.29, 1.82) is 0 Å². The molecule has 0 bridgehead atoms. The second-order valence-electron chi connectivity index (χ2n) is 6.20. The first-order valence-electron chi connectivity index (χ1n) is 7.68. The molecular formula is C15H28N2O. The predicted octanol–water partition coefficient (Wildman–Crippen LogP) is 2.41. The van der Waals surface area contributed by atoms with E-state index in [1.54, 1.807) is 0 Å². The number of hydrogen-bond donors (Lipinski definition) is 1. The van der Waals surface area contributed by atoms with E-state index >= 15 is 0 Å². The molecule has 2 saturated heterocycles. The van der Waals surface area contributed by atoms with Gasteiger partial charge in [0, 0.05) is 19.0 Å². The molecule has 0 saturated carbocycles. The van der Waals surface area contributed by atoms with Crippen LogP contribution in [0.25, 0.3) is 0 Å².